The second kappa shape index (κ2) is 8.49. The highest BCUT2D eigenvalue weighted by Gasteiger charge is 2.22. The number of benzene rings is 1. The van der Waals surface area contributed by atoms with Gasteiger partial charge >= 0.3 is 5.69 Å². The van der Waals surface area contributed by atoms with Crippen LogP contribution in [0.1, 0.15) is 17.7 Å². The molecule has 3 aromatic heterocycles. The van der Waals surface area contributed by atoms with Crippen molar-refractivity contribution < 1.29 is 5.11 Å². The van der Waals surface area contributed by atoms with E-state index in [1.54, 1.807) is 29.9 Å². The molecule has 0 aliphatic heterocycles. The number of aryl methyl sites for hydroxylation is 2. The van der Waals surface area contributed by atoms with Gasteiger partial charge in [0.2, 0.25) is 0 Å². The number of halogens is 1. The molecular formula is C22H22ClN5O3. The van der Waals surface area contributed by atoms with E-state index in [2.05, 4.69) is 4.98 Å². The molecule has 0 spiro atoms. The van der Waals surface area contributed by atoms with Gasteiger partial charge in [-0.05, 0) is 31.0 Å². The fourth-order valence-corrected chi connectivity index (χ4v) is 3.75. The molecule has 8 nitrogen and oxygen atoms in total. The minimum Gasteiger partial charge on any atom is -0.396 e. The second-order valence-electron chi connectivity index (χ2n) is 7.35. The Hall–Kier alpha value is -3.23. The first-order valence-corrected chi connectivity index (χ1v) is 10.3. The van der Waals surface area contributed by atoms with Crippen LogP contribution >= 0.6 is 11.6 Å². The van der Waals surface area contributed by atoms with Crippen LogP contribution in [0, 0.1) is 6.92 Å². The lowest BCUT2D eigenvalue weighted by Gasteiger charge is -2.12. The molecule has 0 unspecified atom stereocenters. The summed E-state index contributed by atoms with van der Waals surface area (Å²) in [4.78, 5) is 35.2. The van der Waals surface area contributed by atoms with Gasteiger partial charge in [0, 0.05) is 32.0 Å². The molecule has 0 amide bonds. The molecule has 0 saturated heterocycles. The minimum atomic E-state index is -0.462. The maximum Gasteiger partial charge on any atom is 0.332 e. The number of nitrogens with zero attached hydrogens (tertiary/aromatic N) is 5. The Bertz CT molecular complexity index is 1370. The molecule has 1 N–H and O–H groups in total. The molecule has 0 atom stereocenters. The van der Waals surface area contributed by atoms with E-state index in [9.17, 15) is 14.7 Å². The molecule has 1 aromatic carbocycles. The van der Waals surface area contributed by atoms with Crippen LogP contribution in [0.3, 0.4) is 0 Å². The zero-order valence-corrected chi connectivity index (χ0v) is 18.0. The average Bonchev–Trinajstić information content (AvgIpc) is 3.13. The van der Waals surface area contributed by atoms with E-state index in [0.29, 0.717) is 34.1 Å². The lowest BCUT2D eigenvalue weighted by Crippen LogP contribution is -2.40. The fraction of sp³-hybridized carbons (Fsp3) is 0.273. The van der Waals surface area contributed by atoms with E-state index >= 15 is 0 Å². The van der Waals surface area contributed by atoms with Crippen LogP contribution in [0.15, 0.2) is 52.2 Å². The summed E-state index contributed by atoms with van der Waals surface area (Å²) in [7, 11) is 1.60. The number of aromatic nitrogens is 5. The molecule has 160 valence electrons. The highest BCUT2D eigenvalue weighted by molar-refractivity contribution is 6.30. The van der Waals surface area contributed by atoms with Crippen LogP contribution in [0.5, 0.6) is 0 Å². The average molecular weight is 440 g/mol. The van der Waals surface area contributed by atoms with Crippen LogP contribution < -0.4 is 11.2 Å². The van der Waals surface area contributed by atoms with E-state index in [0.717, 1.165) is 15.7 Å². The Morgan fingerprint density at radius 3 is 2.55 bits per heavy atom. The zero-order chi connectivity index (χ0) is 22.1. The molecule has 3 heterocycles. The molecule has 0 aliphatic rings. The molecular weight excluding hydrogens is 418 g/mol. The summed E-state index contributed by atoms with van der Waals surface area (Å²) in [6.07, 6.45) is 1.86. The molecule has 31 heavy (non-hydrogen) atoms. The highest BCUT2D eigenvalue weighted by atomic mass is 35.5. The van der Waals surface area contributed by atoms with Crippen LogP contribution in [-0.2, 0) is 20.1 Å². The summed E-state index contributed by atoms with van der Waals surface area (Å²) in [6, 6.07) is 11.3. The number of imidazole rings is 1. The van der Waals surface area contributed by atoms with E-state index in [4.69, 9.17) is 16.6 Å². The van der Waals surface area contributed by atoms with Crippen LogP contribution in [0.2, 0.25) is 5.02 Å². The molecule has 0 radical (unpaired) electrons. The molecule has 0 aliphatic carbocycles. The summed E-state index contributed by atoms with van der Waals surface area (Å²) >= 11 is 5.98. The maximum absolute atomic E-state index is 13.4. The third kappa shape index (κ3) is 3.80. The fourth-order valence-electron chi connectivity index (χ4n) is 3.64. The summed E-state index contributed by atoms with van der Waals surface area (Å²) in [5.41, 5.74) is 2.28. The Labute approximate surface area is 183 Å². The van der Waals surface area contributed by atoms with E-state index in [-0.39, 0.29) is 19.7 Å². The van der Waals surface area contributed by atoms with Crippen molar-refractivity contribution in [2.75, 3.05) is 6.61 Å². The predicted molar refractivity (Wildman–Crippen MR) is 119 cm³/mol. The van der Waals surface area contributed by atoms with Gasteiger partial charge in [-0.2, -0.15) is 0 Å². The molecule has 4 rings (SSSR count). The van der Waals surface area contributed by atoms with Crippen LogP contribution in [0.25, 0.3) is 22.6 Å². The molecule has 0 fully saturated rings. The maximum atomic E-state index is 13.4. The molecule has 4 aromatic rings. The van der Waals surface area contributed by atoms with Gasteiger partial charge in [0.05, 0.1) is 17.3 Å². The van der Waals surface area contributed by atoms with E-state index in [1.165, 1.54) is 4.57 Å². The molecule has 0 bridgehead atoms. The van der Waals surface area contributed by atoms with Gasteiger partial charge in [-0.3, -0.25) is 18.9 Å². The van der Waals surface area contributed by atoms with Crippen molar-refractivity contribution in [1.29, 1.82) is 0 Å². The first-order chi connectivity index (χ1) is 14.9. The first-order valence-electron chi connectivity index (χ1n) is 9.89. The van der Waals surface area contributed by atoms with Gasteiger partial charge in [0.25, 0.3) is 5.56 Å². The largest absolute Gasteiger partial charge is 0.396 e. The predicted octanol–water partition coefficient (Wildman–Crippen LogP) is 2.35. The van der Waals surface area contributed by atoms with E-state index < -0.39 is 11.2 Å². The summed E-state index contributed by atoms with van der Waals surface area (Å²) < 4.78 is 4.32. The second-order valence-corrected chi connectivity index (χ2v) is 7.79. The number of hydrogen-bond donors (Lipinski definition) is 1. The van der Waals surface area contributed by atoms with Gasteiger partial charge in [0.1, 0.15) is 5.82 Å². The van der Waals surface area contributed by atoms with Crippen molar-refractivity contribution in [2.45, 2.75) is 26.4 Å². The van der Waals surface area contributed by atoms with Gasteiger partial charge in [-0.15, -0.1) is 0 Å². The summed E-state index contributed by atoms with van der Waals surface area (Å²) in [5, 5.41) is 9.71. The zero-order valence-electron chi connectivity index (χ0n) is 17.2. The first kappa shape index (κ1) is 21.0. The number of aliphatic hydroxyl groups is 1. The monoisotopic (exact) mass is 439 g/mol. The standard InChI is InChI=1S/C22H22ClN5O3/c1-14-6-3-4-7-17(14)19-25-20-18(28(19)13-16-9-8-15(23)12-24-16)21(30)27(10-5-11-29)22(31)26(20)2/h3-4,6-9,12,29H,5,10-11,13H2,1-2H3. The lowest BCUT2D eigenvalue weighted by molar-refractivity contribution is 0.277. The van der Waals surface area contributed by atoms with Crippen LogP contribution in [-0.4, -0.2) is 35.4 Å². The number of hydrogen-bond acceptors (Lipinski definition) is 5. The quantitative estimate of drug-likeness (QED) is 0.497. The van der Waals surface area contributed by atoms with Crippen molar-refractivity contribution in [2.24, 2.45) is 7.05 Å². The van der Waals surface area contributed by atoms with Gasteiger partial charge in [0.15, 0.2) is 11.2 Å². The van der Waals surface area contributed by atoms with Crippen molar-refractivity contribution in [1.82, 2.24) is 23.7 Å². The number of pyridine rings is 1. The Balaban J connectivity index is 2.04. The Kier molecular flexibility index (Phi) is 5.75. The van der Waals surface area contributed by atoms with Crippen molar-refractivity contribution in [3.8, 4) is 11.4 Å². The van der Waals surface area contributed by atoms with Crippen LogP contribution in [0.4, 0.5) is 0 Å². The smallest absolute Gasteiger partial charge is 0.332 e. The Morgan fingerprint density at radius 1 is 1.10 bits per heavy atom. The van der Waals surface area contributed by atoms with E-state index in [1.807, 2.05) is 31.2 Å². The van der Waals surface area contributed by atoms with Gasteiger partial charge in [-0.25, -0.2) is 9.78 Å². The topological polar surface area (TPSA) is 94.9 Å². The highest BCUT2D eigenvalue weighted by Crippen LogP contribution is 2.26. The normalized spacial score (nSPS) is 11.4. The van der Waals surface area contributed by atoms with Crippen molar-refractivity contribution >= 4 is 22.8 Å². The van der Waals surface area contributed by atoms with Gasteiger partial charge in [-0.1, -0.05) is 35.9 Å². The number of fused-ring (bicyclic) bond motifs is 1. The van der Waals surface area contributed by atoms with Crippen molar-refractivity contribution in [3.05, 3.63) is 79.7 Å². The number of rotatable bonds is 6. The van der Waals surface area contributed by atoms with Gasteiger partial charge < -0.3 is 9.67 Å². The number of aliphatic hydroxyl groups excluding tert-OH is 1. The summed E-state index contributed by atoms with van der Waals surface area (Å²) in [6.45, 7) is 2.26. The molecule has 0 saturated carbocycles. The third-order valence-electron chi connectivity index (χ3n) is 5.27. The third-order valence-corrected chi connectivity index (χ3v) is 5.49. The minimum absolute atomic E-state index is 0.115. The van der Waals surface area contributed by atoms with Crippen molar-refractivity contribution in [3.63, 3.8) is 0 Å². The summed E-state index contributed by atoms with van der Waals surface area (Å²) in [5.74, 6) is 0.580. The SMILES string of the molecule is Cc1ccccc1-c1nc2c(c(=O)n(CCCO)c(=O)n2C)n1Cc1ccc(Cl)cn1. The Morgan fingerprint density at radius 2 is 1.87 bits per heavy atom. The lowest BCUT2D eigenvalue weighted by atomic mass is 10.1. The molecule has 9 heteroatoms.